The summed E-state index contributed by atoms with van der Waals surface area (Å²) in [4.78, 5) is 2.18. The van der Waals surface area contributed by atoms with Gasteiger partial charge in [-0.2, -0.15) is 0 Å². The van der Waals surface area contributed by atoms with Gasteiger partial charge in [-0.15, -0.1) is 0 Å². The highest BCUT2D eigenvalue weighted by molar-refractivity contribution is 7.89. The van der Waals surface area contributed by atoms with Crippen LogP contribution in [0, 0.1) is 11.6 Å². The molecule has 0 saturated carbocycles. The first-order valence-electron chi connectivity index (χ1n) is 8.88. The molecule has 146 valence electrons. The van der Waals surface area contributed by atoms with Crippen molar-refractivity contribution in [1.29, 1.82) is 0 Å². The summed E-state index contributed by atoms with van der Waals surface area (Å²) in [6.07, 6.45) is 2.63. The van der Waals surface area contributed by atoms with E-state index in [-0.39, 0.29) is 4.90 Å². The Morgan fingerprint density at radius 2 is 1.70 bits per heavy atom. The maximum atomic E-state index is 13.4. The van der Waals surface area contributed by atoms with Crippen molar-refractivity contribution in [3.8, 4) is 0 Å². The monoisotopic (exact) mass is 395 g/mol. The van der Waals surface area contributed by atoms with Crippen molar-refractivity contribution >= 4 is 15.7 Å². The van der Waals surface area contributed by atoms with E-state index in [1.807, 2.05) is 0 Å². The Morgan fingerprint density at radius 1 is 1.04 bits per heavy atom. The number of nitrogens with two attached hydrogens (primary N) is 1. The van der Waals surface area contributed by atoms with Crippen molar-refractivity contribution < 1.29 is 17.2 Å². The van der Waals surface area contributed by atoms with E-state index in [1.165, 1.54) is 18.2 Å². The molecule has 0 spiro atoms. The molecule has 1 fully saturated rings. The van der Waals surface area contributed by atoms with Gasteiger partial charge in [0, 0.05) is 30.9 Å². The molecule has 3 N–H and O–H groups in total. The van der Waals surface area contributed by atoms with Gasteiger partial charge >= 0.3 is 0 Å². The van der Waals surface area contributed by atoms with Crippen molar-refractivity contribution in [2.24, 2.45) is 5.14 Å². The molecule has 0 amide bonds. The summed E-state index contributed by atoms with van der Waals surface area (Å²) < 4.78 is 48.9. The Kier molecular flexibility index (Phi) is 6.08. The lowest BCUT2D eigenvalue weighted by Gasteiger charge is -2.34. The minimum Gasteiger partial charge on any atom is -0.371 e. The topological polar surface area (TPSA) is 75.4 Å². The number of halogens is 2. The number of nitrogens with one attached hydrogen (secondary N) is 1. The first-order chi connectivity index (χ1) is 12.8. The maximum absolute atomic E-state index is 13.4. The quantitative estimate of drug-likeness (QED) is 0.788. The standard InChI is InChI=1S/C19H23F2N3O2S/c20-18-6-3-16(13-19(18)21)24-11-8-15(9-12-24)23-10-7-14-1-4-17(5-2-14)27(22,25)26/h1-6,13,15,23H,7-12H2,(H2,22,25,26). The predicted octanol–water partition coefficient (Wildman–Crippen LogP) is 2.41. The molecule has 0 unspecified atom stereocenters. The first kappa shape index (κ1) is 19.7. The van der Waals surface area contributed by atoms with E-state index in [9.17, 15) is 17.2 Å². The third kappa shape index (κ3) is 5.24. The van der Waals surface area contributed by atoms with E-state index >= 15 is 0 Å². The van der Waals surface area contributed by atoms with Crippen molar-refractivity contribution in [3.63, 3.8) is 0 Å². The minimum absolute atomic E-state index is 0.115. The van der Waals surface area contributed by atoms with E-state index in [0.717, 1.165) is 50.5 Å². The van der Waals surface area contributed by atoms with Crippen LogP contribution in [0.2, 0.25) is 0 Å². The summed E-state index contributed by atoms with van der Waals surface area (Å²) in [5.74, 6) is -1.64. The van der Waals surface area contributed by atoms with Crippen LogP contribution >= 0.6 is 0 Å². The van der Waals surface area contributed by atoms with Gasteiger partial charge in [0.1, 0.15) is 0 Å². The molecular weight excluding hydrogens is 372 g/mol. The number of rotatable bonds is 6. The Hall–Kier alpha value is -2.03. The van der Waals surface area contributed by atoms with Crippen LogP contribution in [-0.4, -0.2) is 34.1 Å². The van der Waals surface area contributed by atoms with Crippen LogP contribution < -0.4 is 15.4 Å². The van der Waals surface area contributed by atoms with Gasteiger partial charge in [-0.05, 0) is 55.6 Å². The molecular formula is C19H23F2N3O2S. The highest BCUT2D eigenvalue weighted by Crippen LogP contribution is 2.22. The summed E-state index contributed by atoms with van der Waals surface area (Å²) >= 11 is 0. The molecule has 2 aromatic carbocycles. The van der Waals surface area contributed by atoms with E-state index in [0.29, 0.717) is 11.7 Å². The number of sulfonamides is 1. The summed E-state index contributed by atoms with van der Waals surface area (Å²) in [6.45, 7) is 2.35. The van der Waals surface area contributed by atoms with Gasteiger partial charge in [-0.25, -0.2) is 22.3 Å². The van der Waals surface area contributed by atoms with Gasteiger partial charge in [-0.1, -0.05) is 12.1 Å². The fourth-order valence-electron chi connectivity index (χ4n) is 3.29. The summed E-state index contributed by atoms with van der Waals surface area (Å²) in [6, 6.07) is 11.0. The predicted molar refractivity (Wildman–Crippen MR) is 101 cm³/mol. The minimum atomic E-state index is -3.66. The Labute approximate surface area is 158 Å². The molecule has 1 aliphatic heterocycles. The average molecular weight is 395 g/mol. The third-order valence-electron chi connectivity index (χ3n) is 4.86. The molecule has 2 aromatic rings. The van der Waals surface area contributed by atoms with E-state index in [1.54, 1.807) is 18.2 Å². The van der Waals surface area contributed by atoms with Crippen molar-refractivity contribution in [1.82, 2.24) is 5.32 Å². The van der Waals surface area contributed by atoms with Crippen molar-refractivity contribution in [2.75, 3.05) is 24.5 Å². The summed E-state index contributed by atoms with van der Waals surface area (Å²) in [5, 5.41) is 8.59. The van der Waals surface area contributed by atoms with Crippen LogP contribution in [0.4, 0.5) is 14.5 Å². The molecule has 0 aliphatic carbocycles. The zero-order valence-corrected chi connectivity index (χ0v) is 15.7. The van der Waals surface area contributed by atoms with Crippen molar-refractivity contribution in [3.05, 3.63) is 59.7 Å². The molecule has 1 heterocycles. The summed E-state index contributed by atoms with van der Waals surface area (Å²) in [7, 11) is -3.66. The van der Waals surface area contributed by atoms with E-state index in [2.05, 4.69) is 10.2 Å². The second kappa shape index (κ2) is 8.33. The number of hydrogen-bond donors (Lipinski definition) is 2. The molecule has 1 saturated heterocycles. The largest absolute Gasteiger partial charge is 0.371 e. The number of nitrogens with zero attached hydrogens (tertiary/aromatic N) is 1. The maximum Gasteiger partial charge on any atom is 0.238 e. The number of primary sulfonamides is 1. The number of hydrogen-bond acceptors (Lipinski definition) is 4. The molecule has 1 aliphatic rings. The molecule has 5 nitrogen and oxygen atoms in total. The first-order valence-corrected chi connectivity index (χ1v) is 10.4. The molecule has 3 rings (SSSR count). The number of anilines is 1. The third-order valence-corrected chi connectivity index (χ3v) is 5.79. The number of piperidine rings is 1. The van der Waals surface area contributed by atoms with Crippen LogP contribution in [0.1, 0.15) is 18.4 Å². The Bertz CT molecular complexity index is 880. The lowest BCUT2D eigenvalue weighted by atomic mass is 10.0. The molecule has 8 heteroatoms. The fraction of sp³-hybridized carbons (Fsp3) is 0.368. The van der Waals surface area contributed by atoms with Crippen LogP contribution in [0.15, 0.2) is 47.4 Å². The second-order valence-corrected chi connectivity index (χ2v) is 8.31. The lowest BCUT2D eigenvalue weighted by molar-refractivity contribution is 0.417. The van der Waals surface area contributed by atoms with Crippen LogP contribution in [0.5, 0.6) is 0 Å². The molecule has 0 radical (unpaired) electrons. The highest BCUT2D eigenvalue weighted by Gasteiger charge is 2.19. The van der Waals surface area contributed by atoms with E-state index in [4.69, 9.17) is 5.14 Å². The van der Waals surface area contributed by atoms with Crippen LogP contribution in [-0.2, 0) is 16.4 Å². The van der Waals surface area contributed by atoms with Gasteiger partial charge in [0.25, 0.3) is 0 Å². The van der Waals surface area contributed by atoms with Crippen LogP contribution in [0.3, 0.4) is 0 Å². The smallest absolute Gasteiger partial charge is 0.238 e. The lowest BCUT2D eigenvalue weighted by Crippen LogP contribution is -2.43. The molecule has 27 heavy (non-hydrogen) atoms. The van der Waals surface area contributed by atoms with Gasteiger partial charge in [0.05, 0.1) is 4.90 Å². The van der Waals surface area contributed by atoms with Gasteiger partial charge < -0.3 is 10.2 Å². The Balaban J connectivity index is 1.44. The zero-order valence-electron chi connectivity index (χ0n) is 14.9. The zero-order chi connectivity index (χ0) is 19.4. The molecule has 0 atom stereocenters. The van der Waals surface area contributed by atoms with Crippen molar-refractivity contribution in [2.45, 2.75) is 30.2 Å². The van der Waals surface area contributed by atoms with Crippen LogP contribution in [0.25, 0.3) is 0 Å². The fourth-order valence-corrected chi connectivity index (χ4v) is 3.81. The molecule has 0 bridgehead atoms. The number of benzene rings is 2. The SMILES string of the molecule is NS(=O)(=O)c1ccc(CCNC2CCN(c3ccc(F)c(F)c3)CC2)cc1. The Morgan fingerprint density at radius 3 is 2.30 bits per heavy atom. The van der Waals surface area contributed by atoms with E-state index < -0.39 is 21.7 Å². The highest BCUT2D eigenvalue weighted by atomic mass is 32.2. The average Bonchev–Trinajstić information content (AvgIpc) is 2.64. The summed E-state index contributed by atoms with van der Waals surface area (Å²) in [5.41, 5.74) is 1.75. The second-order valence-electron chi connectivity index (χ2n) is 6.75. The normalized spacial score (nSPS) is 15.9. The van der Waals surface area contributed by atoms with Gasteiger partial charge in [0.2, 0.25) is 10.0 Å². The molecule has 0 aromatic heterocycles. The van der Waals surface area contributed by atoms with Gasteiger partial charge in [-0.3, -0.25) is 0 Å². The van der Waals surface area contributed by atoms with Gasteiger partial charge in [0.15, 0.2) is 11.6 Å².